The highest BCUT2D eigenvalue weighted by atomic mass is 31.2. The molecule has 0 saturated heterocycles. The van der Waals surface area contributed by atoms with Gasteiger partial charge in [0, 0.05) is 0 Å². The van der Waals surface area contributed by atoms with Crippen molar-refractivity contribution in [2.75, 3.05) is 6.61 Å². The maximum Gasteiger partial charge on any atom is 0.394 e. The van der Waals surface area contributed by atoms with Gasteiger partial charge in [0.25, 0.3) is 0 Å². The van der Waals surface area contributed by atoms with Gasteiger partial charge < -0.3 is 13.9 Å². The Balaban J connectivity index is 2.52. The van der Waals surface area contributed by atoms with Crippen molar-refractivity contribution in [1.29, 1.82) is 0 Å². The molecule has 38 heavy (non-hydrogen) atoms. The summed E-state index contributed by atoms with van der Waals surface area (Å²) >= 11 is 0. The van der Waals surface area contributed by atoms with Crippen LogP contribution in [-0.4, -0.2) is 11.5 Å². The first kappa shape index (κ1) is 35.4. The average Bonchev–Trinajstić information content (AvgIpc) is 2.90. The summed E-state index contributed by atoms with van der Waals surface area (Å²) in [5, 5.41) is 0. The SMILES string of the molecule is CCCCCCCCCc1cccc(OP(O)OCCCCCCCC(C)C)c1CCCCCCCCC. The van der Waals surface area contributed by atoms with E-state index in [-0.39, 0.29) is 0 Å². The third-order valence-electron chi connectivity index (χ3n) is 7.61. The molecule has 1 N–H and O–H groups in total. The van der Waals surface area contributed by atoms with Gasteiger partial charge in [-0.25, -0.2) is 0 Å². The Labute approximate surface area is 238 Å². The molecule has 1 rings (SSSR count). The quantitative estimate of drug-likeness (QED) is 0.0874. The summed E-state index contributed by atoms with van der Waals surface area (Å²) in [6.07, 6.45) is 28.0. The molecule has 0 amide bonds. The normalized spacial score (nSPS) is 12.4. The summed E-state index contributed by atoms with van der Waals surface area (Å²) in [5.41, 5.74) is 2.72. The second-order valence-electron chi connectivity index (χ2n) is 11.7. The van der Waals surface area contributed by atoms with Crippen molar-refractivity contribution in [2.45, 2.75) is 169 Å². The molecule has 1 aromatic rings. The van der Waals surface area contributed by atoms with Gasteiger partial charge in [0.15, 0.2) is 0 Å². The van der Waals surface area contributed by atoms with E-state index in [4.69, 9.17) is 9.05 Å². The summed E-state index contributed by atoms with van der Waals surface area (Å²) < 4.78 is 11.7. The molecule has 4 heteroatoms. The van der Waals surface area contributed by atoms with Gasteiger partial charge >= 0.3 is 8.60 Å². The minimum Gasteiger partial charge on any atom is -0.427 e. The average molecular weight is 551 g/mol. The number of aryl methyl sites for hydroxylation is 1. The fraction of sp³-hybridized carbons (Fsp3) is 0.824. The predicted molar refractivity (Wildman–Crippen MR) is 168 cm³/mol. The number of unbranched alkanes of at least 4 members (excludes halogenated alkanes) is 16. The molecule has 0 heterocycles. The maximum absolute atomic E-state index is 10.5. The van der Waals surface area contributed by atoms with Crippen LogP contribution in [0.3, 0.4) is 0 Å². The van der Waals surface area contributed by atoms with Crippen molar-refractivity contribution < 1.29 is 13.9 Å². The molecule has 0 fully saturated rings. The number of rotatable bonds is 27. The zero-order valence-electron chi connectivity index (χ0n) is 25.8. The van der Waals surface area contributed by atoms with Gasteiger partial charge in [-0.2, -0.15) is 0 Å². The summed E-state index contributed by atoms with van der Waals surface area (Å²) in [6, 6.07) is 6.41. The largest absolute Gasteiger partial charge is 0.427 e. The lowest BCUT2D eigenvalue weighted by Crippen LogP contribution is -2.02. The predicted octanol–water partition coefficient (Wildman–Crippen LogP) is 11.9. The molecule has 0 bridgehead atoms. The first-order chi connectivity index (χ1) is 18.6. The minimum atomic E-state index is -1.88. The Morgan fingerprint density at radius 2 is 1.18 bits per heavy atom. The topological polar surface area (TPSA) is 38.7 Å². The van der Waals surface area contributed by atoms with Gasteiger partial charge in [-0.3, -0.25) is 0 Å². The Hall–Kier alpha value is -0.630. The fourth-order valence-electron chi connectivity index (χ4n) is 5.18. The van der Waals surface area contributed by atoms with Gasteiger partial charge in [-0.05, 0) is 55.2 Å². The Kier molecular flexibility index (Phi) is 23.6. The van der Waals surface area contributed by atoms with Gasteiger partial charge in [-0.15, -0.1) is 0 Å². The highest BCUT2D eigenvalue weighted by Crippen LogP contribution is 2.38. The van der Waals surface area contributed by atoms with E-state index in [9.17, 15) is 4.89 Å². The van der Waals surface area contributed by atoms with E-state index in [0.717, 1.165) is 30.9 Å². The van der Waals surface area contributed by atoms with E-state index >= 15 is 0 Å². The lowest BCUT2D eigenvalue weighted by Gasteiger charge is -2.18. The molecule has 0 spiro atoms. The van der Waals surface area contributed by atoms with E-state index in [1.165, 1.54) is 133 Å². The molecule has 0 saturated carbocycles. The number of hydrogen-bond acceptors (Lipinski definition) is 3. The molecular formula is C34H63O3P. The van der Waals surface area contributed by atoms with Gasteiger partial charge in [0.2, 0.25) is 0 Å². The van der Waals surface area contributed by atoms with Crippen LogP contribution in [0.1, 0.15) is 167 Å². The van der Waals surface area contributed by atoms with Crippen molar-refractivity contribution in [3.63, 3.8) is 0 Å². The highest BCUT2D eigenvalue weighted by molar-refractivity contribution is 7.41. The van der Waals surface area contributed by atoms with Crippen LogP contribution in [0.15, 0.2) is 18.2 Å². The standard InChI is InChI=1S/C34H63O3P/c1-5-7-9-11-13-17-21-26-32-27-24-29-34(33(32)28-22-18-14-12-10-8-6-2)37-38(35)36-30-23-19-15-16-20-25-31(3)4/h24,27,29,31,35H,5-23,25-26,28,30H2,1-4H3. The third-order valence-corrected chi connectivity index (χ3v) is 8.37. The van der Waals surface area contributed by atoms with E-state index in [1.54, 1.807) is 0 Å². The molecule has 0 radical (unpaired) electrons. The molecular weight excluding hydrogens is 487 g/mol. The first-order valence-electron chi connectivity index (χ1n) is 16.5. The van der Waals surface area contributed by atoms with E-state index < -0.39 is 8.60 Å². The number of hydrogen-bond donors (Lipinski definition) is 1. The molecule has 1 atom stereocenters. The Morgan fingerprint density at radius 3 is 1.79 bits per heavy atom. The molecule has 3 nitrogen and oxygen atoms in total. The second-order valence-corrected chi connectivity index (χ2v) is 12.7. The summed E-state index contributed by atoms with van der Waals surface area (Å²) in [6.45, 7) is 9.72. The van der Waals surface area contributed by atoms with Crippen LogP contribution >= 0.6 is 8.60 Å². The van der Waals surface area contributed by atoms with Crippen LogP contribution in [0, 0.1) is 5.92 Å². The molecule has 0 aliphatic heterocycles. The zero-order valence-corrected chi connectivity index (χ0v) is 26.7. The minimum absolute atomic E-state index is 0.581. The van der Waals surface area contributed by atoms with Crippen molar-refractivity contribution in [1.82, 2.24) is 0 Å². The smallest absolute Gasteiger partial charge is 0.394 e. The van der Waals surface area contributed by atoms with Crippen LogP contribution in [-0.2, 0) is 17.4 Å². The molecule has 1 unspecified atom stereocenters. The van der Waals surface area contributed by atoms with Gasteiger partial charge in [-0.1, -0.05) is 149 Å². The molecule has 0 aromatic heterocycles. The summed E-state index contributed by atoms with van der Waals surface area (Å²) in [4.78, 5) is 10.5. The van der Waals surface area contributed by atoms with Crippen molar-refractivity contribution >= 4 is 8.60 Å². The van der Waals surface area contributed by atoms with E-state index in [2.05, 4.69) is 39.8 Å². The first-order valence-corrected chi connectivity index (χ1v) is 17.6. The Morgan fingerprint density at radius 1 is 0.658 bits per heavy atom. The fourth-order valence-corrected chi connectivity index (χ4v) is 5.86. The lowest BCUT2D eigenvalue weighted by molar-refractivity contribution is 0.252. The zero-order chi connectivity index (χ0) is 27.7. The monoisotopic (exact) mass is 550 g/mol. The lowest BCUT2D eigenvalue weighted by atomic mass is 9.95. The van der Waals surface area contributed by atoms with Crippen molar-refractivity contribution in [3.8, 4) is 5.75 Å². The Bertz CT molecular complexity index is 649. The summed E-state index contributed by atoms with van der Waals surface area (Å²) in [7, 11) is -1.88. The van der Waals surface area contributed by atoms with Crippen molar-refractivity contribution in [3.05, 3.63) is 29.3 Å². The van der Waals surface area contributed by atoms with E-state index in [0.29, 0.717) is 6.61 Å². The third kappa shape index (κ3) is 19.4. The van der Waals surface area contributed by atoms with Crippen LogP contribution in [0.4, 0.5) is 0 Å². The van der Waals surface area contributed by atoms with Gasteiger partial charge in [0.05, 0.1) is 6.61 Å². The van der Waals surface area contributed by atoms with Gasteiger partial charge in [0.1, 0.15) is 5.75 Å². The summed E-state index contributed by atoms with van der Waals surface area (Å²) in [5.74, 6) is 1.65. The van der Waals surface area contributed by atoms with Crippen LogP contribution in [0.5, 0.6) is 5.75 Å². The van der Waals surface area contributed by atoms with Crippen LogP contribution < -0.4 is 4.52 Å². The molecule has 222 valence electrons. The maximum atomic E-state index is 10.5. The molecule has 0 aliphatic carbocycles. The molecule has 1 aromatic carbocycles. The van der Waals surface area contributed by atoms with Crippen LogP contribution in [0.2, 0.25) is 0 Å². The second kappa shape index (κ2) is 25.3. The van der Waals surface area contributed by atoms with Crippen molar-refractivity contribution in [2.24, 2.45) is 5.92 Å². The highest BCUT2D eigenvalue weighted by Gasteiger charge is 2.15. The molecule has 0 aliphatic rings. The van der Waals surface area contributed by atoms with E-state index in [1.807, 2.05) is 6.07 Å². The number of benzene rings is 1. The van der Waals surface area contributed by atoms with Crippen LogP contribution in [0.25, 0.3) is 0 Å².